The van der Waals surface area contributed by atoms with Gasteiger partial charge < -0.3 is 0 Å². The maximum absolute atomic E-state index is 11.2. The van der Waals surface area contributed by atoms with E-state index < -0.39 is 0 Å². The van der Waals surface area contributed by atoms with Crippen LogP contribution in [0.2, 0.25) is 0 Å². The molecule has 14 heavy (non-hydrogen) atoms. The molecule has 0 aliphatic carbocycles. The van der Waals surface area contributed by atoms with Gasteiger partial charge in [-0.15, -0.1) is 23.4 Å². The van der Waals surface area contributed by atoms with E-state index in [1.165, 1.54) is 0 Å². The van der Waals surface area contributed by atoms with E-state index in [1.807, 2.05) is 24.5 Å². The van der Waals surface area contributed by atoms with Crippen LogP contribution < -0.4 is 0 Å². The maximum Gasteiger partial charge on any atom is 0.151 e. The van der Waals surface area contributed by atoms with Crippen LogP contribution in [0.5, 0.6) is 0 Å². The molecule has 0 aliphatic rings. The van der Waals surface area contributed by atoms with Crippen molar-refractivity contribution in [1.82, 2.24) is 0 Å². The monoisotopic (exact) mass is 292 g/mol. The van der Waals surface area contributed by atoms with Gasteiger partial charge in [0.1, 0.15) is 0 Å². The highest BCUT2D eigenvalue weighted by Crippen LogP contribution is 2.25. The molecule has 0 heterocycles. The molecule has 0 N–H and O–H groups in total. The Morgan fingerprint density at radius 1 is 1.57 bits per heavy atom. The average Bonchev–Trinajstić information content (AvgIpc) is 2.20. The zero-order valence-corrected chi connectivity index (χ0v) is 10.9. The lowest BCUT2D eigenvalue weighted by Crippen LogP contribution is -2.04. The van der Waals surface area contributed by atoms with Gasteiger partial charge >= 0.3 is 0 Å². The molecule has 4 heteroatoms. The Hall–Kier alpha value is 0.01000. The molecular formula is C10H10BrClOS. The minimum Gasteiger partial charge on any atom is -0.298 e. The van der Waals surface area contributed by atoms with E-state index in [9.17, 15) is 4.79 Å². The summed E-state index contributed by atoms with van der Waals surface area (Å²) in [6.07, 6.45) is 2.42. The van der Waals surface area contributed by atoms with Crippen molar-refractivity contribution >= 4 is 45.1 Å². The summed E-state index contributed by atoms with van der Waals surface area (Å²) in [6.45, 7) is 0. The van der Waals surface area contributed by atoms with Gasteiger partial charge in [-0.25, -0.2) is 0 Å². The summed E-state index contributed by atoms with van der Waals surface area (Å²) < 4.78 is 1.03. The lowest BCUT2D eigenvalue weighted by atomic mass is 10.1. The van der Waals surface area contributed by atoms with Crippen LogP contribution in [0.3, 0.4) is 0 Å². The first-order valence-corrected chi connectivity index (χ1v) is 6.62. The van der Waals surface area contributed by atoms with Crippen LogP contribution in [0.4, 0.5) is 0 Å². The number of rotatable bonds is 4. The summed E-state index contributed by atoms with van der Waals surface area (Å²) in [6, 6.07) is 5.92. The van der Waals surface area contributed by atoms with Crippen LogP contribution in [0.15, 0.2) is 27.6 Å². The predicted molar refractivity (Wildman–Crippen MR) is 65.4 cm³/mol. The summed E-state index contributed by atoms with van der Waals surface area (Å²) in [5, 5.41) is 0. The Morgan fingerprint density at radius 2 is 2.29 bits per heavy atom. The second-order valence-electron chi connectivity index (χ2n) is 2.81. The number of hydrogen-bond acceptors (Lipinski definition) is 2. The van der Waals surface area contributed by atoms with Crippen LogP contribution in [0.25, 0.3) is 0 Å². The molecule has 0 aromatic heterocycles. The molecule has 0 atom stereocenters. The van der Waals surface area contributed by atoms with E-state index in [0.29, 0.717) is 6.42 Å². The molecule has 1 rings (SSSR count). The summed E-state index contributed by atoms with van der Waals surface area (Å²) in [4.78, 5) is 12.3. The Bertz CT molecular complexity index is 341. The highest BCUT2D eigenvalue weighted by atomic mass is 79.9. The molecule has 1 nitrogen and oxygen atoms in total. The first-order valence-electron chi connectivity index (χ1n) is 4.07. The number of thioether (sulfide) groups is 1. The molecule has 0 bridgehead atoms. The van der Waals surface area contributed by atoms with Crippen molar-refractivity contribution in [3.05, 3.63) is 28.2 Å². The van der Waals surface area contributed by atoms with Crippen LogP contribution in [-0.4, -0.2) is 17.9 Å². The maximum atomic E-state index is 11.2. The molecule has 0 radical (unpaired) electrons. The topological polar surface area (TPSA) is 17.1 Å². The smallest absolute Gasteiger partial charge is 0.151 e. The van der Waals surface area contributed by atoms with Gasteiger partial charge in [0.05, 0.1) is 5.88 Å². The number of alkyl halides is 1. The number of carbonyl (C=O) groups is 1. The number of carbonyl (C=O) groups excluding carboxylic acids is 1. The van der Waals surface area contributed by atoms with E-state index in [0.717, 1.165) is 14.9 Å². The quantitative estimate of drug-likeness (QED) is 0.624. The zero-order valence-electron chi connectivity index (χ0n) is 7.72. The van der Waals surface area contributed by atoms with E-state index in [4.69, 9.17) is 11.6 Å². The van der Waals surface area contributed by atoms with Crippen molar-refractivity contribution in [2.75, 3.05) is 12.1 Å². The Labute approximate surface area is 101 Å². The zero-order chi connectivity index (χ0) is 10.6. The summed E-state index contributed by atoms with van der Waals surface area (Å²) in [5.41, 5.74) is 1.05. The number of benzene rings is 1. The molecule has 0 spiro atoms. The Balaban J connectivity index is 2.90. The van der Waals surface area contributed by atoms with Crippen LogP contribution in [0.1, 0.15) is 5.56 Å². The lowest BCUT2D eigenvalue weighted by Gasteiger charge is -2.06. The SMILES string of the molecule is CSc1cc(Br)ccc1CC(=O)CCl. The summed E-state index contributed by atoms with van der Waals surface area (Å²) >= 11 is 10.5. The molecule has 0 aliphatic heterocycles. The summed E-state index contributed by atoms with van der Waals surface area (Å²) in [7, 11) is 0. The third kappa shape index (κ3) is 3.30. The Kier molecular flexibility index (Phi) is 4.99. The molecule has 0 fully saturated rings. The van der Waals surface area contributed by atoms with Gasteiger partial charge in [0.2, 0.25) is 0 Å². The number of halogens is 2. The third-order valence-electron chi connectivity index (χ3n) is 1.79. The predicted octanol–water partition coefficient (Wildman–Crippen LogP) is 3.52. The fourth-order valence-corrected chi connectivity index (χ4v) is 2.38. The lowest BCUT2D eigenvalue weighted by molar-refractivity contribution is -0.116. The Morgan fingerprint density at radius 3 is 2.86 bits per heavy atom. The molecule has 0 amide bonds. The largest absolute Gasteiger partial charge is 0.298 e. The minimum atomic E-state index is 0.0595. The van der Waals surface area contributed by atoms with Gasteiger partial charge in [-0.1, -0.05) is 22.0 Å². The molecule has 0 saturated carbocycles. The third-order valence-corrected chi connectivity index (χ3v) is 3.40. The fourth-order valence-electron chi connectivity index (χ4n) is 1.12. The molecule has 0 unspecified atom stereocenters. The van der Waals surface area contributed by atoms with Crippen LogP contribution in [-0.2, 0) is 11.2 Å². The molecule has 0 saturated heterocycles. The van der Waals surface area contributed by atoms with Crippen molar-refractivity contribution in [3.63, 3.8) is 0 Å². The minimum absolute atomic E-state index is 0.0595. The van der Waals surface area contributed by atoms with Gasteiger partial charge in [-0.05, 0) is 24.0 Å². The van der Waals surface area contributed by atoms with Crippen molar-refractivity contribution in [2.24, 2.45) is 0 Å². The normalized spacial score (nSPS) is 10.2. The van der Waals surface area contributed by atoms with Crippen LogP contribution in [0, 0.1) is 0 Å². The standard InChI is InChI=1S/C10H10BrClOS/c1-14-10-5-8(11)3-2-7(10)4-9(13)6-12/h2-3,5H,4,6H2,1H3. The highest BCUT2D eigenvalue weighted by molar-refractivity contribution is 9.10. The molecule has 1 aromatic rings. The van der Waals surface area contributed by atoms with Gasteiger partial charge in [0.15, 0.2) is 5.78 Å². The van der Waals surface area contributed by atoms with E-state index in [1.54, 1.807) is 11.8 Å². The van der Waals surface area contributed by atoms with Gasteiger partial charge in [0, 0.05) is 15.8 Å². The molecule has 1 aromatic carbocycles. The van der Waals surface area contributed by atoms with E-state index in [2.05, 4.69) is 15.9 Å². The van der Waals surface area contributed by atoms with Crippen molar-refractivity contribution < 1.29 is 4.79 Å². The first-order chi connectivity index (χ1) is 6.67. The van der Waals surface area contributed by atoms with Crippen molar-refractivity contribution in [2.45, 2.75) is 11.3 Å². The highest BCUT2D eigenvalue weighted by Gasteiger charge is 2.06. The average molecular weight is 294 g/mol. The van der Waals surface area contributed by atoms with E-state index in [-0.39, 0.29) is 11.7 Å². The number of ketones is 1. The summed E-state index contributed by atoms with van der Waals surface area (Å²) in [5.74, 6) is 0.147. The second kappa shape index (κ2) is 5.79. The second-order valence-corrected chi connectivity index (χ2v) is 4.84. The van der Waals surface area contributed by atoms with E-state index >= 15 is 0 Å². The fraction of sp³-hybridized carbons (Fsp3) is 0.300. The number of Topliss-reactive ketones (excluding diaryl/α,β-unsaturated/α-hetero) is 1. The first kappa shape index (κ1) is 12.1. The van der Waals surface area contributed by atoms with Crippen molar-refractivity contribution in [1.29, 1.82) is 0 Å². The van der Waals surface area contributed by atoms with Crippen molar-refractivity contribution in [3.8, 4) is 0 Å². The van der Waals surface area contributed by atoms with Gasteiger partial charge in [-0.2, -0.15) is 0 Å². The molecule has 76 valence electrons. The van der Waals surface area contributed by atoms with Crippen LogP contribution >= 0.6 is 39.3 Å². The molecular weight excluding hydrogens is 284 g/mol. The number of hydrogen-bond donors (Lipinski definition) is 0. The van der Waals surface area contributed by atoms with Gasteiger partial charge in [0.25, 0.3) is 0 Å². The van der Waals surface area contributed by atoms with Gasteiger partial charge in [-0.3, -0.25) is 4.79 Å².